The van der Waals surface area contributed by atoms with E-state index >= 15 is 0 Å². The Bertz CT molecular complexity index is 469. The summed E-state index contributed by atoms with van der Waals surface area (Å²) in [6.07, 6.45) is -3.12. The maximum absolute atomic E-state index is 12.2. The van der Waals surface area contributed by atoms with Crippen molar-refractivity contribution in [1.82, 2.24) is 20.2 Å². The zero-order valence-corrected chi connectivity index (χ0v) is 7.26. The van der Waals surface area contributed by atoms with Crippen LogP contribution >= 0.6 is 0 Å². The second-order valence-electron chi connectivity index (χ2n) is 2.85. The summed E-state index contributed by atoms with van der Waals surface area (Å²) >= 11 is 0. The number of rotatable bonds is 1. The normalized spacial score (nSPS) is 11.9. The zero-order chi connectivity index (χ0) is 11.1. The van der Waals surface area contributed by atoms with E-state index in [4.69, 9.17) is 5.73 Å². The number of nitrogens with two attached hydrogens (primary N) is 1. The molecule has 15 heavy (non-hydrogen) atoms. The third-order valence-electron chi connectivity index (χ3n) is 1.75. The second kappa shape index (κ2) is 3.01. The fraction of sp³-hybridized carbons (Fsp3) is 0.143. The lowest BCUT2D eigenvalue weighted by molar-refractivity contribution is -0.141. The number of aromatic nitrogens is 4. The molecular weight excluding hydrogens is 211 g/mol. The van der Waals surface area contributed by atoms with Gasteiger partial charge in [-0.25, -0.2) is 4.98 Å². The molecule has 5 nitrogen and oxygen atoms in total. The molecule has 0 aliphatic carbocycles. The first-order valence-electron chi connectivity index (χ1n) is 3.90. The number of imidazole rings is 1. The van der Waals surface area contributed by atoms with E-state index in [0.717, 1.165) is 6.07 Å². The average Bonchev–Trinajstić information content (AvgIpc) is 2.69. The molecule has 0 saturated carbocycles. The number of halogens is 3. The summed E-state index contributed by atoms with van der Waals surface area (Å²) < 4.78 is 36.6. The number of anilines is 1. The standard InChI is InChI=1S/C7H6F3N5/c8-7(9,10)5-1-3(14-15-5)4-2-12-6(11)13-4/h1-2H,(H,14,15)(H3,11,12,13). The summed E-state index contributed by atoms with van der Waals surface area (Å²) in [5, 5.41) is 5.38. The Morgan fingerprint density at radius 1 is 1.33 bits per heavy atom. The zero-order valence-electron chi connectivity index (χ0n) is 7.26. The first-order chi connectivity index (χ1) is 6.97. The van der Waals surface area contributed by atoms with Gasteiger partial charge < -0.3 is 10.7 Å². The quantitative estimate of drug-likeness (QED) is 0.675. The molecule has 0 aliphatic heterocycles. The SMILES string of the molecule is Nc1ncc(-c2cc(C(F)(F)F)[nH]n2)[nH]1. The minimum atomic E-state index is -4.43. The van der Waals surface area contributed by atoms with Crippen LogP contribution in [-0.2, 0) is 6.18 Å². The van der Waals surface area contributed by atoms with Crippen LogP contribution in [0.3, 0.4) is 0 Å². The van der Waals surface area contributed by atoms with Crippen molar-refractivity contribution in [1.29, 1.82) is 0 Å². The van der Waals surface area contributed by atoms with Gasteiger partial charge in [0.1, 0.15) is 11.4 Å². The third-order valence-corrected chi connectivity index (χ3v) is 1.75. The number of nitrogen functional groups attached to an aromatic ring is 1. The van der Waals surface area contributed by atoms with Gasteiger partial charge in [-0.1, -0.05) is 0 Å². The molecule has 4 N–H and O–H groups in total. The van der Waals surface area contributed by atoms with E-state index in [0.29, 0.717) is 5.69 Å². The van der Waals surface area contributed by atoms with E-state index in [1.807, 2.05) is 5.10 Å². The van der Waals surface area contributed by atoms with Crippen molar-refractivity contribution >= 4 is 5.95 Å². The van der Waals surface area contributed by atoms with Crippen LogP contribution < -0.4 is 5.73 Å². The Labute approximate surface area is 81.5 Å². The van der Waals surface area contributed by atoms with Gasteiger partial charge >= 0.3 is 6.18 Å². The van der Waals surface area contributed by atoms with E-state index < -0.39 is 11.9 Å². The molecule has 2 aromatic rings. The fourth-order valence-corrected chi connectivity index (χ4v) is 1.07. The smallest absolute Gasteiger partial charge is 0.369 e. The maximum Gasteiger partial charge on any atom is 0.432 e. The van der Waals surface area contributed by atoms with Crippen molar-refractivity contribution in [2.24, 2.45) is 0 Å². The molecule has 8 heteroatoms. The summed E-state index contributed by atoms with van der Waals surface area (Å²) in [5.74, 6) is 0.126. The van der Waals surface area contributed by atoms with Crippen LogP contribution in [0, 0.1) is 0 Å². The van der Waals surface area contributed by atoms with E-state index in [-0.39, 0.29) is 11.6 Å². The minimum Gasteiger partial charge on any atom is -0.369 e. The van der Waals surface area contributed by atoms with Crippen molar-refractivity contribution in [3.8, 4) is 11.4 Å². The van der Waals surface area contributed by atoms with Gasteiger partial charge in [0.25, 0.3) is 0 Å². The van der Waals surface area contributed by atoms with Gasteiger partial charge in [0, 0.05) is 0 Å². The highest BCUT2D eigenvalue weighted by molar-refractivity contribution is 5.55. The fourth-order valence-electron chi connectivity index (χ4n) is 1.07. The first kappa shape index (κ1) is 9.56. The van der Waals surface area contributed by atoms with Gasteiger partial charge in [-0.15, -0.1) is 0 Å². The molecule has 2 heterocycles. The van der Waals surface area contributed by atoms with Gasteiger partial charge in [-0.05, 0) is 6.07 Å². The molecule has 0 aliphatic rings. The molecule has 0 aromatic carbocycles. The number of aromatic amines is 2. The lowest BCUT2D eigenvalue weighted by Gasteiger charge is -1.99. The van der Waals surface area contributed by atoms with Crippen LogP contribution in [0.2, 0.25) is 0 Å². The molecule has 0 radical (unpaired) electrons. The van der Waals surface area contributed by atoms with Crippen molar-refractivity contribution in [2.75, 3.05) is 5.73 Å². The number of hydrogen-bond acceptors (Lipinski definition) is 3. The topological polar surface area (TPSA) is 83.4 Å². The summed E-state index contributed by atoms with van der Waals surface area (Å²) in [6.45, 7) is 0. The highest BCUT2D eigenvalue weighted by Crippen LogP contribution is 2.29. The van der Waals surface area contributed by atoms with Crippen LogP contribution in [0.15, 0.2) is 12.3 Å². The molecule has 0 saturated heterocycles. The van der Waals surface area contributed by atoms with E-state index in [1.54, 1.807) is 0 Å². The maximum atomic E-state index is 12.2. The molecular formula is C7H6F3N5. The van der Waals surface area contributed by atoms with Crippen LogP contribution in [0.25, 0.3) is 11.4 Å². The van der Waals surface area contributed by atoms with E-state index in [1.165, 1.54) is 6.20 Å². The average molecular weight is 217 g/mol. The largest absolute Gasteiger partial charge is 0.432 e. The Balaban J connectivity index is 2.36. The molecule has 80 valence electrons. The molecule has 0 amide bonds. The Morgan fingerprint density at radius 3 is 2.53 bits per heavy atom. The molecule has 2 aromatic heterocycles. The van der Waals surface area contributed by atoms with Crippen molar-refractivity contribution in [3.63, 3.8) is 0 Å². The summed E-state index contributed by atoms with van der Waals surface area (Å²) in [5.41, 5.74) is 4.82. The third kappa shape index (κ3) is 1.78. The predicted molar refractivity (Wildman–Crippen MR) is 45.6 cm³/mol. The van der Waals surface area contributed by atoms with Gasteiger partial charge in [0.05, 0.1) is 11.9 Å². The van der Waals surface area contributed by atoms with Gasteiger partial charge in [0.2, 0.25) is 0 Å². The number of H-pyrrole nitrogens is 2. The number of nitrogens with one attached hydrogen (secondary N) is 2. The Morgan fingerprint density at radius 2 is 2.07 bits per heavy atom. The van der Waals surface area contributed by atoms with E-state index in [2.05, 4.69) is 15.1 Å². The lowest BCUT2D eigenvalue weighted by Crippen LogP contribution is -2.04. The summed E-state index contributed by atoms with van der Waals surface area (Å²) in [7, 11) is 0. The monoisotopic (exact) mass is 217 g/mol. The van der Waals surface area contributed by atoms with Crippen molar-refractivity contribution in [3.05, 3.63) is 18.0 Å². The van der Waals surface area contributed by atoms with Gasteiger partial charge in [-0.3, -0.25) is 5.10 Å². The van der Waals surface area contributed by atoms with E-state index in [9.17, 15) is 13.2 Å². The van der Waals surface area contributed by atoms with Crippen molar-refractivity contribution in [2.45, 2.75) is 6.18 Å². The van der Waals surface area contributed by atoms with Crippen LogP contribution in [0.1, 0.15) is 5.69 Å². The molecule has 0 spiro atoms. The summed E-state index contributed by atoms with van der Waals surface area (Å²) in [4.78, 5) is 6.23. The number of alkyl halides is 3. The predicted octanol–water partition coefficient (Wildman–Crippen LogP) is 1.40. The number of hydrogen-bond donors (Lipinski definition) is 3. The second-order valence-corrected chi connectivity index (χ2v) is 2.85. The number of nitrogens with zero attached hydrogens (tertiary/aromatic N) is 2. The molecule has 0 atom stereocenters. The molecule has 0 fully saturated rings. The first-order valence-corrected chi connectivity index (χ1v) is 3.90. The molecule has 2 rings (SSSR count). The highest BCUT2D eigenvalue weighted by atomic mass is 19.4. The van der Waals surface area contributed by atoms with Crippen LogP contribution in [0.5, 0.6) is 0 Å². The van der Waals surface area contributed by atoms with Crippen molar-refractivity contribution < 1.29 is 13.2 Å². The molecule has 0 bridgehead atoms. The minimum absolute atomic E-state index is 0.117. The van der Waals surface area contributed by atoms with Gasteiger partial charge in [0.15, 0.2) is 5.95 Å². The lowest BCUT2D eigenvalue weighted by atomic mass is 10.3. The van der Waals surface area contributed by atoms with Crippen LogP contribution in [0.4, 0.5) is 19.1 Å². The Kier molecular flexibility index (Phi) is 1.92. The summed E-state index contributed by atoms with van der Waals surface area (Å²) in [6, 6.07) is 0.882. The van der Waals surface area contributed by atoms with Crippen LogP contribution in [-0.4, -0.2) is 20.2 Å². The molecule has 0 unspecified atom stereocenters. The Hall–Kier alpha value is -1.99. The van der Waals surface area contributed by atoms with Gasteiger partial charge in [-0.2, -0.15) is 18.3 Å². The highest BCUT2D eigenvalue weighted by Gasteiger charge is 2.33.